The van der Waals surface area contributed by atoms with Crippen LogP contribution in [0.2, 0.25) is 0 Å². The van der Waals surface area contributed by atoms with Crippen LogP contribution < -0.4 is 10.6 Å². The lowest BCUT2D eigenvalue weighted by molar-refractivity contribution is -0.140. The molecule has 3 rings (SSSR count). The molecule has 2 amide bonds. The van der Waals surface area contributed by atoms with Gasteiger partial charge in [-0.05, 0) is 19.3 Å². The van der Waals surface area contributed by atoms with Crippen LogP contribution in [0.25, 0.3) is 0 Å². The molecule has 2 saturated heterocycles. The molecule has 0 aromatic heterocycles. The SMILES string of the molecule is CN=C(NCCN1CCN(C(=O)C2CCC2)CC1)NC1CCN(C(=O)C(C)C)C1. The van der Waals surface area contributed by atoms with E-state index in [1.807, 2.05) is 18.7 Å². The van der Waals surface area contributed by atoms with E-state index in [0.29, 0.717) is 11.8 Å². The number of nitrogens with zero attached hydrogens (tertiary/aromatic N) is 4. The Kier molecular flexibility index (Phi) is 7.75. The maximum absolute atomic E-state index is 12.3. The van der Waals surface area contributed by atoms with Crippen LogP contribution in [0.4, 0.5) is 0 Å². The molecule has 29 heavy (non-hydrogen) atoms. The lowest BCUT2D eigenvalue weighted by Crippen LogP contribution is -2.53. The number of amides is 2. The van der Waals surface area contributed by atoms with Crippen molar-refractivity contribution in [1.82, 2.24) is 25.3 Å². The maximum atomic E-state index is 12.3. The molecule has 3 aliphatic rings. The normalized spacial score (nSPS) is 24.0. The lowest BCUT2D eigenvalue weighted by atomic mass is 9.84. The van der Waals surface area contributed by atoms with Crippen LogP contribution in [-0.4, -0.2) is 97.9 Å². The van der Waals surface area contributed by atoms with Crippen molar-refractivity contribution in [3.63, 3.8) is 0 Å². The van der Waals surface area contributed by atoms with E-state index in [1.165, 1.54) is 6.42 Å². The second kappa shape index (κ2) is 10.3. The van der Waals surface area contributed by atoms with Gasteiger partial charge in [-0.3, -0.25) is 19.5 Å². The van der Waals surface area contributed by atoms with Gasteiger partial charge in [-0.25, -0.2) is 0 Å². The van der Waals surface area contributed by atoms with Crippen molar-refractivity contribution in [2.24, 2.45) is 16.8 Å². The summed E-state index contributed by atoms with van der Waals surface area (Å²) in [6, 6.07) is 0.255. The van der Waals surface area contributed by atoms with E-state index in [-0.39, 0.29) is 17.9 Å². The van der Waals surface area contributed by atoms with Crippen LogP contribution in [0.1, 0.15) is 39.5 Å². The summed E-state index contributed by atoms with van der Waals surface area (Å²) < 4.78 is 0. The van der Waals surface area contributed by atoms with E-state index >= 15 is 0 Å². The first-order valence-electron chi connectivity index (χ1n) is 11.2. The number of nitrogens with one attached hydrogen (secondary N) is 2. The molecule has 2 N–H and O–H groups in total. The predicted octanol–water partition coefficient (Wildman–Crippen LogP) is 0.353. The Labute approximate surface area is 175 Å². The van der Waals surface area contributed by atoms with Crippen LogP contribution in [0.3, 0.4) is 0 Å². The Hall–Kier alpha value is -1.83. The third-order valence-corrected chi connectivity index (χ3v) is 6.42. The number of likely N-dealkylation sites (tertiary alicyclic amines) is 1. The Balaban J connectivity index is 1.31. The molecule has 1 atom stereocenters. The van der Waals surface area contributed by atoms with Gasteiger partial charge in [0.2, 0.25) is 11.8 Å². The summed E-state index contributed by atoms with van der Waals surface area (Å²) in [4.78, 5) is 35.2. The second-order valence-corrected chi connectivity index (χ2v) is 8.86. The zero-order valence-corrected chi connectivity index (χ0v) is 18.3. The quantitative estimate of drug-likeness (QED) is 0.492. The molecule has 2 heterocycles. The van der Waals surface area contributed by atoms with Gasteiger partial charge in [0, 0.05) is 77.3 Å². The molecular weight excluding hydrogens is 368 g/mol. The van der Waals surface area contributed by atoms with E-state index in [4.69, 9.17) is 0 Å². The highest BCUT2D eigenvalue weighted by Crippen LogP contribution is 2.28. The first kappa shape index (κ1) is 21.9. The Morgan fingerprint density at radius 3 is 2.34 bits per heavy atom. The zero-order chi connectivity index (χ0) is 20.8. The molecule has 1 unspecified atom stereocenters. The number of aliphatic imine (C=N–C) groups is 1. The number of hydrogen-bond acceptors (Lipinski definition) is 4. The number of guanidine groups is 1. The first-order chi connectivity index (χ1) is 14.0. The summed E-state index contributed by atoms with van der Waals surface area (Å²) in [5.74, 6) is 1.76. The van der Waals surface area contributed by atoms with Crippen LogP contribution >= 0.6 is 0 Å². The monoisotopic (exact) mass is 406 g/mol. The fourth-order valence-electron chi connectivity index (χ4n) is 4.27. The minimum absolute atomic E-state index is 0.0515. The van der Waals surface area contributed by atoms with Crippen molar-refractivity contribution in [3.8, 4) is 0 Å². The van der Waals surface area contributed by atoms with Gasteiger partial charge in [0.15, 0.2) is 5.96 Å². The number of carbonyl (C=O) groups is 2. The molecule has 8 nitrogen and oxygen atoms in total. The van der Waals surface area contributed by atoms with E-state index in [1.54, 1.807) is 7.05 Å². The summed E-state index contributed by atoms with van der Waals surface area (Å²) in [5.41, 5.74) is 0. The van der Waals surface area contributed by atoms with Gasteiger partial charge < -0.3 is 20.4 Å². The molecule has 0 aromatic rings. The van der Waals surface area contributed by atoms with Crippen LogP contribution in [0.5, 0.6) is 0 Å². The topological polar surface area (TPSA) is 80.3 Å². The molecule has 2 aliphatic heterocycles. The summed E-state index contributed by atoms with van der Waals surface area (Å²) >= 11 is 0. The smallest absolute Gasteiger partial charge is 0.225 e. The average Bonchev–Trinajstić information content (AvgIpc) is 3.14. The van der Waals surface area contributed by atoms with E-state index in [9.17, 15) is 9.59 Å². The minimum atomic E-state index is 0.0515. The van der Waals surface area contributed by atoms with Gasteiger partial charge in [-0.15, -0.1) is 0 Å². The Bertz CT molecular complexity index is 596. The average molecular weight is 407 g/mol. The van der Waals surface area contributed by atoms with Crippen molar-refractivity contribution in [2.45, 2.75) is 45.6 Å². The van der Waals surface area contributed by atoms with Crippen molar-refractivity contribution in [3.05, 3.63) is 0 Å². The van der Waals surface area contributed by atoms with E-state index in [2.05, 4.69) is 25.4 Å². The van der Waals surface area contributed by atoms with Gasteiger partial charge in [0.25, 0.3) is 0 Å². The number of piperazine rings is 1. The van der Waals surface area contributed by atoms with Gasteiger partial charge in [0.1, 0.15) is 0 Å². The fourth-order valence-corrected chi connectivity index (χ4v) is 4.27. The molecule has 0 aromatic carbocycles. The number of rotatable bonds is 6. The van der Waals surface area contributed by atoms with Crippen LogP contribution in [-0.2, 0) is 9.59 Å². The van der Waals surface area contributed by atoms with Crippen molar-refractivity contribution in [1.29, 1.82) is 0 Å². The standard InChI is InChI=1S/C21H38N6O2/c1-16(2)19(28)27-9-7-18(15-27)24-21(22-3)23-8-10-25-11-13-26(14-12-25)20(29)17-5-4-6-17/h16-18H,4-15H2,1-3H3,(H2,22,23,24). The molecule has 0 bridgehead atoms. The zero-order valence-electron chi connectivity index (χ0n) is 18.3. The lowest BCUT2D eigenvalue weighted by Gasteiger charge is -2.38. The molecule has 3 fully saturated rings. The van der Waals surface area contributed by atoms with Crippen molar-refractivity contribution >= 4 is 17.8 Å². The molecule has 0 radical (unpaired) electrons. The van der Waals surface area contributed by atoms with E-state index in [0.717, 1.165) is 77.6 Å². The predicted molar refractivity (Wildman–Crippen MR) is 115 cm³/mol. The fraction of sp³-hybridized carbons (Fsp3) is 0.857. The first-order valence-corrected chi connectivity index (χ1v) is 11.2. The van der Waals surface area contributed by atoms with Crippen LogP contribution in [0.15, 0.2) is 4.99 Å². The largest absolute Gasteiger partial charge is 0.355 e. The summed E-state index contributed by atoms with van der Waals surface area (Å²) in [6.45, 7) is 10.8. The summed E-state index contributed by atoms with van der Waals surface area (Å²) in [5, 5.41) is 6.84. The Morgan fingerprint density at radius 2 is 1.76 bits per heavy atom. The third-order valence-electron chi connectivity index (χ3n) is 6.42. The minimum Gasteiger partial charge on any atom is -0.355 e. The maximum Gasteiger partial charge on any atom is 0.225 e. The summed E-state index contributed by atoms with van der Waals surface area (Å²) in [6.07, 6.45) is 4.33. The summed E-state index contributed by atoms with van der Waals surface area (Å²) in [7, 11) is 1.78. The number of hydrogen-bond donors (Lipinski definition) is 2. The van der Waals surface area contributed by atoms with Gasteiger partial charge in [0.05, 0.1) is 0 Å². The molecule has 1 aliphatic carbocycles. The molecule has 164 valence electrons. The highest BCUT2D eigenvalue weighted by atomic mass is 16.2. The van der Waals surface area contributed by atoms with Crippen molar-refractivity contribution < 1.29 is 9.59 Å². The van der Waals surface area contributed by atoms with Gasteiger partial charge >= 0.3 is 0 Å². The highest BCUT2D eigenvalue weighted by molar-refractivity contribution is 5.81. The van der Waals surface area contributed by atoms with Gasteiger partial charge in [-0.1, -0.05) is 20.3 Å². The molecule has 8 heteroatoms. The van der Waals surface area contributed by atoms with Gasteiger partial charge in [-0.2, -0.15) is 0 Å². The molecular formula is C21H38N6O2. The van der Waals surface area contributed by atoms with Crippen LogP contribution in [0, 0.1) is 11.8 Å². The van der Waals surface area contributed by atoms with E-state index < -0.39 is 0 Å². The Morgan fingerprint density at radius 1 is 1.03 bits per heavy atom. The molecule has 0 spiro atoms. The molecule has 1 saturated carbocycles. The van der Waals surface area contributed by atoms with Crippen molar-refractivity contribution in [2.75, 3.05) is 59.4 Å². The third kappa shape index (κ3) is 5.84. The number of carbonyl (C=O) groups excluding carboxylic acids is 2. The highest BCUT2D eigenvalue weighted by Gasteiger charge is 2.31. The second-order valence-electron chi connectivity index (χ2n) is 8.86.